The van der Waals surface area contributed by atoms with Crippen LogP contribution >= 0.6 is 0 Å². The quantitative estimate of drug-likeness (QED) is 0.412. The first-order valence-corrected chi connectivity index (χ1v) is 7.97. The molecule has 0 aliphatic rings. The third kappa shape index (κ3) is 7.84. The van der Waals surface area contributed by atoms with Crippen molar-refractivity contribution in [3.05, 3.63) is 0 Å². The SMILES string of the molecule is CCCCC(C)(CC)CCC(C)CC(C)CC. The number of unbranched alkanes of at least 4 members (excludes halogenated alkanes) is 1. The van der Waals surface area contributed by atoms with Crippen LogP contribution in [0.15, 0.2) is 0 Å². The van der Waals surface area contributed by atoms with Crippen molar-refractivity contribution < 1.29 is 0 Å². The molecule has 0 radical (unpaired) electrons. The summed E-state index contributed by atoms with van der Waals surface area (Å²) in [5.74, 6) is 1.82. The predicted octanol–water partition coefficient (Wildman–Crippen LogP) is 6.45. The highest BCUT2D eigenvalue weighted by atomic mass is 14.3. The molecule has 0 saturated carbocycles. The Bertz CT molecular complexity index is 173. The Morgan fingerprint density at radius 1 is 0.941 bits per heavy atom. The van der Waals surface area contributed by atoms with Crippen LogP contribution in [0.4, 0.5) is 0 Å². The summed E-state index contributed by atoms with van der Waals surface area (Å²) in [5, 5.41) is 0. The molecule has 0 nitrogen and oxygen atoms in total. The van der Waals surface area contributed by atoms with Crippen LogP contribution in [0.3, 0.4) is 0 Å². The van der Waals surface area contributed by atoms with Crippen molar-refractivity contribution in [1.29, 1.82) is 0 Å². The van der Waals surface area contributed by atoms with Gasteiger partial charge in [-0.3, -0.25) is 0 Å². The largest absolute Gasteiger partial charge is 0.0654 e. The maximum absolute atomic E-state index is 2.50. The molecule has 3 atom stereocenters. The van der Waals surface area contributed by atoms with Crippen LogP contribution < -0.4 is 0 Å². The smallest absolute Gasteiger partial charge is 0.0328 e. The maximum atomic E-state index is 2.50. The van der Waals surface area contributed by atoms with E-state index in [1.54, 1.807) is 0 Å². The number of hydrogen-bond donors (Lipinski definition) is 0. The van der Waals surface area contributed by atoms with Gasteiger partial charge in [-0.15, -0.1) is 0 Å². The molecular weight excluding hydrogens is 204 g/mol. The van der Waals surface area contributed by atoms with Gasteiger partial charge in [0.2, 0.25) is 0 Å². The summed E-state index contributed by atoms with van der Waals surface area (Å²) in [4.78, 5) is 0. The molecule has 0 bridgehead atoms. The van der Waals surface area contributed by atoms with Gasteiger partial charge in [0.25, 0.3) is 0 Å². The summed E-state index contributed by atoms with van der Waals surface area (Å²) in [6.07, 6.45) is 11.1. The highest BCUT2D eigenvalue weighted by Crippen LogP contribution is 2.35. The van der Waals surface area contributed by atoms with Crippen molar-refractivity contribution >= 4 is 0 Å². The lowest BCUT2D eigenvalue weighted by molar-refractivity contribution is 0.223. The molecule has 0 heterocycles. The van der Waals surface area contributed by atoms with Gasteiger partial charge in [-0.05, 0) is 36.5 Å². The Kier molecular flexibility index (Phi) is 9.00. The molecule has 0 amide bonds. The summed E-state index contributed by atoms with van der Waals surface area (Å²) < 4.78 is 0. The van der Waals surface area contributed by atoms with Gasteiger partial charge in [0.1, 0.15) is 0 Å². The summed E-state index contributed by atoms with van der Waals surface area (Å²) in [6.45, 7) is 14.3. The highest BCUT2D eigenvalue weighted by molar-refractivity contribution is 4.74. The van der Waals surface area contributed by atoms with Crippen LogP contribution in [0.1, 0.15) is 92.9 Å². The molecule has 104 valence electrons. The Labute approximate surface area is 111 Å². The van der Waals surface area contributed by atoms with E-state index < -0.39 is 0 Å². The molecule has 0 aromatic carbocycles. The summed E-state index contributed by atoms with van der Waals surface area (Å²) in [7, 11) is 0. The molecule has 3 unspecified atom stereocenters. The fourth-order valence-electron chi connectivity index (χ4n) is 2.65. The average molecular weight is 240 g/mol. The van der Waals surface area contributed by atoms with Gasteiger partial charge < -0.3 is 0 Å². The lowest BCUT2D eigenvalue weighted by Gasteiger charge is -2.30. The molecule has 17 heavy (non-hydrogen) atoms. The average Bonchev–Trinajstić information content (AvgIpc) is 2.33. The van der Waals surface area contributed by atoms with Crippen molar-refractivity contribution in [3.8, 4) is 0 Å². The Morgan fingerprint density at radius 3 is 2.06 bits per heavy atom. The second-order valence-corrected chi connectivity index (χ2v) is 6.66. The normalized spacial score (nSPS) is 18.7. The Morgan fingerprint density at radius 2 is 1.59 bits per heavy atom. The third-order valence-electron chi connectivity index (χ3n) is 4.73. The first-order valence-electron chi connectivity index (χ1n) is 7.97. The first kappa shape index (κ1) is 17.0. The van der Waals surface area contributed by atoms with Gasteiger partial charge in [0.05, 0.1) is 0 Å². The summed E-state index contributed by atoms with van der Waals surface area (Å²) >= 11 is 0. The van der Waals surface area contributed by atoms with Gasteiger partial charge in [0, 0.05) is 0 Å². The van der Waals surface area contributed by atoms with E-state index in [0.29, 0.717) is 5.41 Å². The topological polar surface area (TPSA) is 0 Å². The van der Waals surface area contributed by atoms with E-state index in [4.69, 9.17) is 0 Å². The zero-order chi connectivity index (χ0) is 13.3. The van der Waals surface area contributed by atoms with E-state index in [0.717, 1.165) is 11.8 Å². The number of rotatable bonds is 10. The fourth-order valence-corrected chi connectivity index (χ4v) is 2.65. The third-order valence-corrected chi connectivity index (χ3v) is 4.73. The van der Waals surface area contributed by atoms with Crippen LogP contribution in [0, 0.1) is 17.3 Å². The van der Waals surface area contributed by atoms with Crippen molar-refractivity contribution in [3.63, 3.8) is 0 Å². The molecule has 0 N–H and O–H groups in total. The lowest BCUT2D eigenvalue weighted by atomic mass is 9.76. The van der Waals surface area contributed by atoms with E-state index in [1.165, 1.54) is 51.4 Å². The minimum absolute atomic E-state index is 0.611. The van der Waals surface area contributed by atoms with E-state index >= 15 is 0 Å². The molecule has 0 aliphatic heterocycles. The Balaban J connectivity index is 3.95. The van der Waals surface area contributed by atoms with Crippen LogP contribution in [0.5, 0.6) is 0 Å². The minimum atomic E-state index is 0.611. The van der Waals surface area contributed by atoms with Crippen molar-refractivity contribution in [2.75, 3.05) is 0 Å². The maximum Gasteiger partial charge on any atom is -0.0328 e. The molecule has 0 aromatic heterocycles. The van der Waals surface area contributed by atoms with Gasteiger partial charge in [-0.25, -0.2) is 0 Å². The standard InChI is InChI=1S/C17H36/c1-7-10-12-17(6,9-3)13-11-16(5)14-15(4)8-2/h15-16H,7-14H2,1-6H3. The summed E-state index contributed by atoms with van der Waals surface area (Å²) in [6, 6.07) is 0. The Hall–Kier alpha value is 0. The second-order valence-electron chi connectivity index (χ2n) is 6.66. The molecule has 0 aliphatic carbocycles. The monoisotopic (exact) mass is 240 g/mol. The fraction of sp³-hybridized carbons (Fsp3) is 1.00. The zero-order valence-electron chi connectivity index (χ0n) is 13.3. The summed E-state index contributed by atoms with van der Waals surface area (Å²) in [5.41, 5.74) is 0.611. The molecule has 0 spiro atoms. The van der Waals surface area contributed by atoms with Gasteiger partial charge >= 0.3 is 0 Å². The molecule has 0 saturated heterocycles. The molecule has 0 aromatic rings. The molecule has 0 heteroatoms. The van der Waals surface area contributed by atoms with E-state index in [1.807, 2.05) is 0 Å². The predicted molar refractivity (Wildman–Crippen MR) is 80.4 cm³/mol. The zero-order valence-corrected chi connectivity index (χ0v) is 13.3. The first-order chi connectivity index (χ1) is 7.97. The van der Waals surface area contributed by atoms with Gasteiger partial charge in [-0.2, -0.15) is 0 Å². The lowest BCUT2D eigenvalue weighted by Crippen LogP contribution is -2.17. The minimum Gasteiger partial charge on any atom is -0.0654 e. The van der Waals surface area contributed by atoms with Crippen molar-refractivity contribution in [2.45, 2.75) is 92.9 Å². The van der Waals surface area contributed by atoms with Gasteiger partial charge in [-0.1, -0.05) is 73.6 Å². The molecule has 0 fully saturated rings. The highest BCUT2D eigenvalue weighted by Gasteiger charge is 2.22. The van der Waals surface area contributed by atoms with Crippen molar-refractivity contribution in [2.24, 2.45) is 17.3 Å². The number of hydrogen-bond acceptors (Lipinski definition) is 0. The van der Waals surface area contributed by atoms with Crippen molar-refractivity contribution in [1.82, 2.24) is 0 Å². The van der Waals surface area contributed by atoms with E-state index in [2.05, 4.69) is 41.5 Å². The van der Waals surface area contributed by atoms with E-state index in [-0.39, 0.29) is 0 Å². The molecule has 0 rings (SSSR count). The van der Waals surface area contributed by atoms with E-state index in [9.17, 15) is 0 Å². The van der Waals surface area contributed by atoms with Gasteiger partial charge in [0.15, 0.2) is 0 Å². The van der Waals surface area contributed by atoms with Crippen LogP contribution in [0.2, 0.25) is 0 Å². The second kappa shape index (κ2) is 9.00. The molecular formula is C17H36. The van der Waals surface area contributed by atoms with Crippen LogP contribution in [0.25, 0.3) is 0 Å². The van der Waals surface area contributed by atoms with Crippen LogP contribution in [-0.2, 0) is 0 Å². The van der Waals surface area contributed by atoms with Crippen LogP contribution in [-0.4, -0.2) is 0 Å².